The molecule has 10 nitrogen and oxygen atoms in total. The second kappa shape index (κ2) is 7.35. The molecule has 31 heavy (non-hydrogen) atoms. The van der Waals surface area contributed by atoms with Crippen molar-refractivity contribution in [2.45, 2.75) is 32.9 Å². The number of aromatic nitrogens is 5. The molecule has 4 aromatic rings. The van der Waals surface area contributed by atoms with E-state index in [1.807, 2.05) is 0 Å². The van der Waals surface area contributed by atoms with Crippen molar-refractivity contribution in [1.82, 2.24) is 25.0 Å². The van der Waals surface area contributed by atoms with Gasteiger partial charge in [-0.1, -0.05) is 11.3 Å². The number of nitrogens with zero attached hydrogens (tertiary/aromatic N) is 6. The Balaban J connectivity index is 1.71. The summed E-state index contributed by atoms with van der Waals surface area (Å²) in [6, 6.07) is 7.76. The zero-order valence-electron chi connectivity index (χ0n) is 17.1. The van der Waals surface area contributed by atoms with Gasteiger partial charge in [0.15, 0.2) is 16.9 Å². The molecular formula is C20H20FN7O3. The van der Waals surface area contributed by atoms with E-state index in [4.69, 9.17) is 10.2 Å². The molecule has 3 heterocycles. The van der Waals surface area contributed by atoms with Gasteiger partial charge in [-0.3, -0.25) is 4.90 Å². The lowest BCUT2D eigenvalue weighted by atomic mass is 10.0. The van der Waals surface area contributed by atoms with E-state index in [0.29, 0.717) is 28.2 Å². The Labute approximate surface area is 176 Å². The molecule has 0 fully saturated rings. The number of fused-ring (bicyclic) bond motifs is 1. The molecule has 0 spiro atoms. The van der Waals surface area contributed by atoms with Gasteiger partial charge in [0, 0.05) is 5.54 Å². The van der Waals surface area contributed by atoms with Gasteiger partial charge in [0.2, 0.25) is 5.95 Å². The smallest absolute Gasteiger partial charge is 0.412 e. The van der Waals surface area contributed by atoms with Gasteiger partial charge in [0.05, 0.1) is 18.5 Å². The van der Waals surface area contributed by atoms with Crippen molar-refractivity contribution >= 4 is 28.9 Å². The number of hydrogen-bond acceptors (Lipinski definition) is 7. The fourth-order valence-electron chi connectivity index (χ4n) is 3.32. The summed E-state index contributed by atoms with van der Waals surface area (Å²) in [7, 11) is 0. The Hall–Kier alpha value is -4.02. The molecule has 1 amide bonds. The van der Waals surface area contributed by atoms with E-state index in [2.05, 4.69) is 20.3 Å². The third kappa shape index (κ3) is 3.77. The molecule has 0 radical (unpaired) electrons. The minimum absolute atomic E-state index is 0.0197. The highest BCUT2D eigenvalue weighted by molar-refractivity contribution is 5.88. The van der Waals surface area contributed by atoms with Crippen LogP contribution in [-0.4, -0.2) is 41.7 Å². The van der Waals surface area contributed by atoms with Gasteiger partial charge in [-0.25, -0.2) is 18.9 Å². The maximum atomic E-state index is 14.8. The van der Waals surface area contributed by atoms with E-state index >= 15 is 0 Å². The Kier molecular flexibility index (Phi) is 4.80. The first-order valence-electron chi connectivity index (χ1n) is 9.37. The number of benzene rings is 1. The van der Waals surface area contributed by atoms with Crippen molar-refractivity contribution in [2.75, 3.05) is 10.6 Å². The van der Waals surface area contributed by atoms with Crippen molar-refractivity contribution < 1.29 is 18.7 Å². The van der Waals surface area contributed by atoms with E-state index in [-0.39, 0.29) is 18.2 Å². The van der Waals surface area contributed by atoms with Crippen LogP contribution in [0.3, 0.4) is 0 Å². The molecule has 4 rings (SSSR count). The summed E-state index contributed by atoms with van der Waals surface area (Å²) in [6.07, 6.45) is 0.269. The third-order valence-corrected chi connectivity index (χ3v) is 4.58. The van der Waals surface area contributed by atoms with Gasteiger partial charge < -0.3 is 15.3 Å². The number of anilines is 2. The van der Waals surface area contributed by atoms with Crippen molar-refractivity contribution in [3.8, 4) is 11.5 Å². The van der Waals surface area contributed by atoms with E-state index in [9.17, 15) is 14.3 Å². The maximum Gasteiger partial charge on any atom is 0.412 e. The minimum Gasteiger partial charge on any atom is -0.465 e. The van der Waals surface area contributed by atoms with Crippen LogP contribution < -0.4 is 10.6 Å². The van der Waals surface area contributed by atoms with E-state index in [1.165, 1.54) is 23.1 Å². The lowest BCUT2D eigenvalue weighted by molar-refractivity contribution is 0.195. The molecule has 160 valence electrons. The van der Waals surface area contributed by atoms with Gasteiger partial charge in [-0.2, -0.15) is 4.98 Å². The molecule has 3 N–H and O–H groups in total. The van der Waals surface area contributed by atoms with Gasteiger partial charge >= 0.3 is 6.09 Å². The molecular weight excluding hydrogens is 405 g/mol. The van der Waals surface area contributed by atoms with Crippen LogP contribution in [0.2, 0.25) is 0 Å². The van der Waals surface area contributed by atoms with Crippen molar-refractivity contribution in [2.24, 2.45) is 0 Å². The molecule has 0 aliphatic heterocycles. The first-order chi connectivity index (χ1) is 14.6. The third-order valence-electron chi connectivity index (χ3n) is 4.58. The van der Waals surface area contributed by atoms with Crippen LogP contribution >= 0.6 is 0 Å². The van der Waals surface area contributed by atoms with E-state index < -0.39 is 17.4 Å². The first-order valence-corrected chi connectivity index (χ1v) is 9.37. The number of amides is 1. The molecule has 0 unspecified atom stereocenters. The standard InChI is InChI=1S/C20H20FN7O3/c1-20(2,3)28(19(29)30)13-7-6-11(9-12(13)21)10-27-17-16(25-26-27)15(23-18(22)24-17)14-5-4-8-31-14/h4-9H,10H2,1-3H3,(H,29,30)(H2,22,23,24). The number of nitrogens with two attached hydrogens (primary N) is 1. The summed E-state index contributed by atoms with van der Waals surface area (Å²) in [5, 5.41) is 17.7. The summed E-state index contributed by atoms with van der Waals surface area (Å²) in [5.41, 5.74) is 6.71. The first kappa shape index (κ1) is 20.3. The molecule has 0 aliphatic carbocycles. The molecule has 0 saturated carbocycles. The summed E-state index contributed by atoms with van der Waals surface area (Å²) in [4.78, 5) is 21.0. The topological polar surface area (TPSA) is 136 Å². The van der Waals surface area contributed by atoms with Crippen LogP contribution in [0.5, 0.6) is 0 Å². The predicted octanol–water partition coefficient (Wildman–Crippen LogP) is 3.53. The van der Waals surface area contributed by atoms with E-state index in [1.54, 1.807) is 39.0 Å². The van der Waals surface area contributed by atoms with Crippen molar-refractivity contribution in [1.29, 1.82) is 0 Å². The van der Waals surface area contributed by atoms with Crippen LogP contribution in [-0.2, 0) is 6.54 Å². The van der Waals surface area contributed by atoms with Crippen LogP contribution in [0.15, 0.2) is 41.0 Å². The number of halogens is 1. The zero-order valence-corrected chi connectivity index (χ0v) is 17.1. The molecule has 0 saturated heterocycles. The number of carboxylic acid groups (broad SMARTS) is 1. The quantitative estimate of drug-likeness (QED) is 0.507. The summed E-state index contributed by atoms with van der Waals surface area (Å²) in [5.74, 6) is -0.173. The summed E-state index contributed by atoms with van der Waals surface area (Å²) >= 11 is 0. The molecule has 11 heteroatoms. The monoisotopic (exact) mass is 425 g/mol. The second-order valence-electron chi connectivity index (χ2n) is 7.90. The largest absolute Gasteiger partial charge is 0.465 e. The highest BCUT2D eigenvalue weighted by atomic mass is 19.1. The normalized spacial score (nSPS) is 11.7. The Morgan fingerprint density at radius 2 is 2.06 bits per heavy atom. The number of rotatable bonds is 4. The van der Waals surface area contributed by atoms with Gasteiger partial charge in [-0.05, 0) is 50.6 Å². The Bertz CT molecular complexity index is 1260. The Morgan fingerprint density at radius 1 is 1.29 bits per heavy atom. The molecule has 0 aliphatic rings. The lowest BCUT2D eigenvalue weighted by Gasteiger charge is -2.33. The molecule has 3 aromatic heterocycles. The van der Waals surface area contributed by atoms with Crippen molar-refractivity contribution in [3.63, 3.8) is 0 Å². The fourth-order valence-corrected chi connectivity index (χ4v) is 3.32. The fraction of sp³-hybridized carbons (Fsp3) is 0.250. The van der Waals surface area contributed by atoms with Crippen LogP contribution in [0, 0.1) is 5.82 Å². The number of furan rings is 1. The zero-order chi connectivity index (χ0) is 22.3. The maximum absolute atomic E-state index is 14.8. The van der Waals surface area contributed by atoms with Crippen molar-refractivity contribution in [3.05, 3.63) is 48.0 Å². The van der Waals surface area contributed by atoms with E-state index in [0.717, 1.165) is 4.90 Å². The molecule has 0 bridgehead atoms. The Morgan fingerprint density at radius 3 is 2.68 bits per heavy atom. The minimum atomic E-state index is -1.24. The summed E-state index contributed by atoms with van der Waals surface area (Å²) in [6.45, 7) is 5.22. The number of nitrogen functional groups attached to an aromatic ring is 1. The van der Waals surface area contributed by atoms with Gasteiger partial charge in [0.25, 0.3) is 0 Å². The van der Waals surface area contributed by atoms with Crippen LogP contribution in [0.1, 0.15) is 26.3 Å². The summed E-state index contributed by atoms with van der Waals surface area (Å²) < 4.78 is 21.7. The van der Waals surface area contributed by atoms with Gasteiger partial charge in [-0.15, -0.1) is 5.10 Å². The molecule has 1 aromatic carbocycles. The average Bonchev–Trinajstić information content (AvgIpc) is 3.32. The SMILES string of the molecule is CC(C)(C)N(C(=O)O)c1ccc(Cn2nnc3c(-c4ccco4)nc(N)nc32)cc1F. The number of carbonyl (C=O) groups is 1. The molecule has 0 atom stereocenters. The van der Waals surface area contributed by atoms with Crippen LogP contribution in [0.4, 0.5) is 20.8 Å². The highest BCUT2D eigenvalue weighted by Gasteiger charge is 2.30. The number of hydrogen-bond donors (Lipinski definition) is 2. The predicted molar refractivity (Wildman–Crippen MR) is 111 cm³/mol. The van der Waals surface area contributed by atoms with Crippen LogP contribution in [0.25, 0.3) is 22.6 Å². The highest BCUT2D eigenvalue weighted by Crippen LogP contribution is 2.29. The average molecular weight is 425 g/mol. The lowest BCUT2D eigenvalue weighted by Crippen LogP contribution is -2.45. The second-order valence-corrected chi connectivity index (χ2v) is 7.90. The van der Waals surface area contributed by atoms with Gasteiger partial charge in [0.1, 0.15) is 11.5 Å².